The van der Waals surface area contributed by atoms with E-state index in [4.69, 9.17) is 4.74 Å². The van der Waals surface area contributed by atoms with E-state index < -0.39 is 0 Å². The molecular weight excluding hydrogens is 404 g/mol. The molecular formula is C24H32N6O2. The highest BCUT2D eigenvalue weighted by Gasteiger charge is 2.33. The van der Waals surface area contributed by atoms with E-state index in [0.29, 0.717) is 18.0 Å². The van der Waals surface area contributed by atoms with Gasteiger partial charge in [-0.25, -0.2) is 4.68 Å². The fraction of sp³-hybridized carbons (Fsp3) is 0.583. The molecule has 2 aliphatic heterocycles. The van der Waals surface area contributed by atoms with Gasteiger partial charge in [0, 0.05) is 24.1 Å². The largest absolute Gasteiger partial charge is 0.376 e. The first-order valence-electron chi connectivity index (χ1n) is 11.8. The maximum Gasteiger partial charge on any atom is 0.253 e. The Morgan fingerprint density at radius 2 is 2.06 bits per heavy atom. The van der Waals surface area contributed by atoms with E-state index in [-0.39, 0.29) is 17.7 Å². The molecule has 3 atom stereocenters. The maximum absolute atomic E-state index is 13.4. The summed E-state index contributed by atoms with van der Waals surface area (Å²) in [6.07, 6.45) is 4.51. The van der Waals surface area contributed by atoms with Crippen LogP contribution in [0.3, 0.4) is 0 Å². The Balaban J connectivity index is 1.63. The highest BCUT2D eigenvalue weighted by atomic mass is 16.5. The second-order valence-electron chi connectivity index (χ2n) is 9.54. The molecule has 0 amide bonds. The number of aromatic nitrogens is 5. The molecule has 4 heterocycles. The summed E-state index contributed by atoms with van der Waals surface area (Å²) in [5, 5.41) is 13.8. The zero-order chi connectivity index (χ0) is 22.2. The van der Waals surface area contributed by atoms with Crippen LogP contribution in [0.1, 0.15) is 61.2 Å². The van der Waals surface area contributed by atoms with E-state index in [1.54, 1.807) is 0 Å². The molecule has 0 spiro atoms. The summed E-state index contributed by atoms with van der Waals surface area (Å²) in [6, 6.07) is 5.94. The standard InChI is InChI=1S/C24H32N6O2/c1-15-6-4-10-29(13-15)22(23-26-27-28-30(23)14-18-7-5-11-32-18)20-12-19-16(2)8-9-17(3)21(19)25-24(20)31/h8-9,12,15,18,22H,4-7,10-11,13-14H2,1-3H3,(H,25,31)/t15-,18+,22+/m0/s1. The zero-order valence-corrected chi connectivity index (χ0v) is 19.2. The van der Waals surface area contributed by atoms with Gasteiger partial charge in [-0.05, 0) is 79.6 Å². The van der Waals surface area contributed by atoms with Gasteiger partial charge < -0.3 is 9.72 Å². The van der Waals surface area contributed by atoms with E-state index in [1.165, 1.54) is 6.42 Å². The number of H-pyrrole nitrogens is 1. The Labute approximate surface area is 188 Å². The molecule has 2 saturated heterocycles. The lowest BCUT2D eigenvalue weighted by Gasteiger charge is -2.36. The zero-order valence-electron chi connectivity index (χ0n) is 19.2. The number of nitrogens with zero attached hydrogens (tertiary/aromatic N) is 5. The summed E-state index contributed by atoms with van der Waals surface area (Å²) in [5.41, 5.74) is 3.77. The number of fused-ring (bicyclic) bond motifs is 1. The van der Waals surface area contributed by atoms with E-state index >= 15 is 0 Å². The van der Waals surface area contributed by atoms with Gasteiger partial charge in [-0.15, -0.1) is 5.10 Å². The SMILES string of the molecule is Cc1ccc(C)c2[nH]c(=O)c([C@H](c3nnnn3C[C@H]3CCCO3)N3CCC[C@H](C)C3)cc12. The Morgan fingerprint density at radius 3 is 2.84 bits per heavy atom. The van der Waals surface area contributed by atoms with Crippen molar-refractivity contribution in [3.63, 3.8) is 0 Å². The van der Waals surface area contributed by atoms with Crippen LogP contribution in [0.15, 0.2) is 23.0 Å². The van der Waals surface area contributed by atoms with Crippen molar-refractivity contribution < 1.29 is 4.74 Å². The van der Waals surface area contributed by atoms with E-state index in [1.807, 2.05) is 11.6 Å². The number of rotatable bonds is 5. The molecule has 1 N–H and O–H groups in total. The van der Waals surface area contributed by atoms with Crippen LogP contribution < -0.4 is 5.56 Å². The number of piperidine rings is 1. The summed E-state index contributed by atoms with van der Waals surface area (Å²) < 4.78 is 7.70. The molecule has 3 aromatic rings. The summed E-state index contributed by atoms with van der Waals surface area (Å²) in [5.74, 6) is 1.29. The average Bonchev–Trinajstić information content (AvgIpc) is 3.45. The number of ether oxygens (including phenoxy) is 1. The normalized spacial score (nSPS) is 23.1. The van der Waals surface area contributed by atoms with Crippen LogP contribution in [0.5, 0.6) is 0 Å². The van der Waals surface area contributed by atoms with E-state index in [0.717, 1.165) is 66.8 Å². The average molecular weight is 437 g/mol. The van der Waals surface area contributed by atoms with Crippen molar-refractivity contribution in [1.29, 1.82) is 0 Å². The third-order valence-electron chi connectivity index (χ3n) is 7.03. The highest BCUT2D eigenvalue weighted by molar-refractivity contribution is 5.85. The predicted molar refractivity (Wildman–Crippen MR) is 123 cm³/mol. The van der Waals surface area contributed by atoms with Crippen molar-refractivity contribution in [2.24, 2.45) is 5.92 Å². The molecule has 2 aliphatic rings. The molecule has 2 fully saturated rings. The number of likely N-dealkylation sites (tertiary alicyclic amines) is 1. The Morgan fingerprint density at radius 1 is 1.22 bits per heavy atom. The van der Waals surface area contributed by atoms with Crippen molar-refractivity contribution in [1.82, 2.24) is 30.1 Å². The molecule has 5 rings (SSSR count). The third-order valence-corrected chi connectivity index (χ3v) is 7.03. The number of hydrogen-bond acceptors (Lipinski definition) is 6. The number of tetrazole rings is 1. The van der Waals surface area contributed by atoms with Gasteiger partial charge in [0.15, 0.2) is 5.82 Å². The molecule has 1 aromatic carbocycles. The first kappa shape index (κ1) is 21.3. The van der Waals surface area contributed by atoms with Crippen LogP contribution in [0.2, 0.25) is 0 Å². The maximum atomic E-state index is 13.4. The summed E-state index contributed by atoms with van der Waals surface area (Å²) in [7, 11) is 0. The van der Waals surface area contributed by atoms with Gasteiger partial charge >= 0.3 is 0 Å². The number of hydrogen-bond donors (Lipinski definition) is 1. The first-order valence-corrected chi connectivity index (χ1v) is 11.8. The van der Waals surface area contributed by atoms with Gasteiger partial charge in [-0.1, -0.05) is 19.1 Å². The molecule has 2 aromatic heterocycles. The molecule has 0 unspecified atom stereocenters. The molecule has 8 nitrogen and oxygen atoms in total. The minimum Gasteiger partial charge on any atom is -0.376 e. The Kier molecular flexibility index (Phi) is 5.82. The molecule has 8 heteroatoms. The highest BCUT2D eigenvalue weighted by Crippen LogP contribution is 2.32. The monoisotopic (exact) mass is 436 g/mol. The van der Waals surface area contributed by atoms with Crippen molar-refractivity contribution in [2.45, 2.75) is 65.1 Å². The van der Waals surface area contributed by atoms with Crippen molar-refractivity contribution in [2.75, 3.05) is 19.7 Å². The van der Waals surface area contributed by atoms with Crippen molar-refractivity contribution in [3.05, 3.63) is 51.1 Å². The lowest BCUT2D eigenvalue weighted by atomic mass is 9.95. The quantitative estimate of drug-likeness (QED) is 0.661. The van der Waals surface area contributed by atoms with Crippen molar-refractivity contribution >= 4 is 10.9 Å². The topological polar surface area (TPSA) is 88.9 Å². The second kappa shape index (κ2) is 8.75. The molecule has 0 saturated carbocycles. The lowest BCUT2D eigenvalue weighted by molar-refractivity contribution is 0.0889. The van der Waals surface area contributed by atoms with E-state index in [9.17, 15) is 4.79 Å². The number of pyridine rings is 1. The fourth-order valence-corrected chi connectivity index (χ4v) is 5.27. The number of aromatic amines is 1. The first-order chi connectivity index (χ1) is 15.5. The van der Waals surface area contributed by atoms with Crippen LogP contribution in [0, 0.1) is 19.8 Å². The molecule has 32 heavy (non-hydrogen) atoms. The van der Waals surface area contributed by atoms with Gasteiger partial charge in [0.2, 0.25) is 0 Å². The van der Waals surface area contributed by atoms with Crippen LogP contribution in [-0.2, 0) is 11.3 Å². The molecule has 0 radical (unpaired) electrons. The third kappa shape index (κ3) is 3.97. The number of nitrogens with one attached hydrogen (secondary N) is 1. The van der Waals surface area contributed by atoms with Crippen LogP contribution >= 0.6 is 0 Å². The minimum absolute atomic E-state index is 0.0684. The predicted octanol–water partition coefficient (Wildman–Crippen LogP) is 3.13. The van der Waals surface area contributed by atoms with Gasteiger partial charge in [-0.2, -0.15) is 0 Å². The smallest absolute Gasteiger partial charge is 0.253 e. The second-order valence-corrected chi connectivity index (χ2v) is 9.54. The molecule has 0 aliphatic carbocycles. The van der Waals surface area contributed by atoms with Gasteiger partial charge in [0.25, 0.3) is 5.56 Å². The van der Waals surface area contributed by atoms with Gasteiger partial charge in [0.1, 0.15) is 6.04 Å². The number of aryl methyl sites for hydroxylation is 2. The molecule has 0 bridgehead atoms. The van der Waals surface area contributed by atoms with Gasteiger partial charge in [-0.3, -0.25) is 9.69 Å². The van der Waals surface area contributed by atoms with Crippen molar-refractivity contribution in [3.8, 4) is 0 Å². The lowest BCUT2D eigenvalue weighted by Crippen LogP contribution is -2.41. The van der Waals surface area contributed by atoms with Crippen LogP contribution in [0.25, 0.3) is 10.9 Å². The fourth-order valence-electron chi connectivity index (χ4n) is 5.27. The minimum atomic E-state index is -0.290. The van der Waals surface area contributed by atoms with Gasteiger partial charge in [0.05, 0.1) is 18.2 Å². The number of benzene rings is 1. The Bertz CT molecular complexity index is 1160. The summed E-state index contributed by atoms with van der Waals surface area (Å²) in [6.45, 7) is 9.64. The van der Waals surface area contributed by atoms with Crippen LogP contribution in [-0.4, -0.2) is 55.9 Å². The Hall–Kier alpha value is -2.58. The summed E-state index contributed by atoms with van der Waals surface area (Å²) in [4.78, 5) is 19.0. The summed E-state index contributed by atoms with van der Waals surface area (Å²) >= 11 is 0. The van der Waals surface area contributed by atoms with Crippen LogP contribution in [0.4, 0.5) is 0 Å². The van der Waals surface area contributed by atoms with E-state index in [2.05, 4.69) is 57.5 Å². The molecule has 170 valence electrons.